The van der Waals surface area contributed by atoms with Gasteiger partial charge in [-0.3, -0.25) is 4.79 Å². The molecule has 2 bridgehead atoms. The van der Waals surface area contributed by atoms with Gasteiger partial charge in [0.2, 0.25) is 0 Å². The predicted molar refractivity (Wildman–Crippen MR) is 39.2 cm³/mol. The second-order valence-electron chi connectivity index (χ2n) is 3.72. The summed E-state index contributed by atoms with van der Waals surface area (Å²) in [5, 5.41) is 0. The Hall–Kier alpha value is -0.570. The van der Waals surface area contributed by atoms with Gasteiger partial charge in [-0.05, 0) is 31.1 Å². The number of nitrogens with two attached hydrogens (primary N) is 1. The average Bonchev–Trinajstić information content (AvgIpc) is 2.62. The van der Waals surface area contributed by atoms with Crippen LogP contribution in [0.3, 0.4) is 0 Å². The van der Waals surface area contributed by atoms with E-state index in [0.717, 1.165) is 12.3 Å². The minimum absolute atomic E-state index is 0.124. The molecule has 3 unspecified atom stereocenters. The number of fused-ring (bicyclic) bond motifs is 2. The molecular weight excluding hydrogens is 142 g/mol. The maximum atomic E-state index is 11.1. The van der Waals surface area contributed by atoms with E-state index in [1.807, 2.05) is 0 Å². The van der Waals surface area contributed by atoms with Crippen LogP contribution in [0.1, 0.15) is 25.7 Å². The summed E-state index contributed by atoms with van der Waals surface area (Å²) < 4.78 is 0. The summed E-state index contributed by atoms with van der Waals surface area (Å²) >= 11 is 0. The summed E-state index contributed by atoms with van der Waals surface area (Å²) in [7, 11) is 0. The van der Waals surface area contributed by atoms with Gasteiger partial charge in [-0.15, -0.1) is 0 Å². The first kappa shape index (κ1) is 7.10. The molecule has 2 aliphatic rings. The van der Waals surface area contributed by atoms with Gasteiger partial charge in [0, 0.05) is 0 Å². The van der Waals surface area contributed by atoms with Gasteiger partial charge >= 0.3 is 5.97 Å². The van der Waals surface area contributed by atoms with Crippen LogP contribution in [-0.4, -0.2) is 5.97 Å². The van der Waals surface area contributed by atoms with Gasteiger partial charge in [0.1, 0.15) is 0 Å². The zero-order valence-corrected chi connectivity index (χ0v) is 6.45. The largest absolute Gasteiger partial charge is 0.373 e. The third-order valence-electron chi connectivity index (χ3n) is 3.16. The molecule has 2 N–H and O–H groups in total. The molecule has 3 atom stereocenters. The Morgan fingerprint density at radius 3 is 2.64 bits per heavy atom. The SMILES string of the molecule is NOC(=O)C1CC2CCC1C2. The van der Waals surface area contributed by atoms with Crippen molar-refractivity contribution in [3.05, 3.63) is 0 Å². The molecule has 2 aliphatic carbocycles. The number of hydrogen-bond acceptors (Lipinski definition) is 3. The first-order valence-electron chi connectivity index (χ1n) is 4.22. The lowest BCUT2D eigenvalue weighted by Crippen LogP contribution is -2.25. The highest BCUT2D eigenvalue weighted by Gasteiger charge is 2.43. The Balaban J connectivity index is 2.02. The molecule has 0 aromatic heterocycles. The zero-order valence-electron chi connectivity index (χ0n) is 6.45. The molecule has 0 amide bonds. The van der Waals surface area contributed by atoms with Crippen molar-refractivity contribution in [2.75, 3.05) is 0 Å². The van der Waals surface area contributed by atoms with Crippen molar-refractivity contribution in [1.29, 1.82) is 0 Å². The summed E-state index contributed by atoms with van der Waals surface area (Å²) in [6, 6.07) is 0. The number of hydrogen-bond donors (Lipinski definition) is 1. The summed E-state index contributed by atoms with van der Waals surface area (Å²) in [6.45, 7) is 0. The summed E-state index contributed by atoms with van der Waals surface area (Å²) in [6.07, 6.45) is 4.74. The summed E-state index contributed by atoms with van der Waals surface area (Å²) in [5.74, 6) is 6.12. The third kappa shape index (κ3) is 1.03. The van der Waals surface area contributed by atoms with Crippen molar-refractivity contribution in [3.8, 4) is 0 Å². The van der Waals surface area contributed by atoms with Crippen LogP contribution < -0.4 is 5.90 Å². The Bertz CT molecular complexity index is 181. The molecule has 0 aromatic carbocycles. The molecule has 0 aliphatic heterocycles. The van der Waals surface area contributed by atoms with Gasteiger partial charge in [0.15, 0.2) is 0 Å². The van der Waals surface area contributed by atoms with E-state index in [4.69, 9.17) is 5.90 Å². The molecule has 2 saturated carbocycles. The minimum atomic E-state index is -0.197. The molecular formula is C8H13NO2. The second kappa shape index (κ2) is 2.48. The van der Waals surface area contributed by atoms with Gasteiger partial charge in [0.25, 0.3) is 0 Å². The Morgan fingerprint density at radius 1 is 1.36 bits per heavy atom. The maximum absolute atomic E-state index is 11.1. The molecule has 11 heavy (non-hydrogen) atoms. The van der Waals surface area contributed by atoms with Crippen molar-refractivity contribution in [2.45, 2.75) is 25.7 Å². The fourth-order valence-corrected chi connectivity index (χ4v) is 2.62. The number of carbonyl (C=O) groups excluding carboxylic acids is 1. The van der Waals surface area contributed by atoms with Crippen molar-refractivity contribution >= 4 is 5.97 Å². The van der Waals surface area contributed by atoms with Crippen LogP contribution in [0.15, 0.2) is 0 Å². The fourth-order valence-electron chi connectivity index (χ4n) is 2.62. The predicted octanol–water partition coefficient (Wildman–Crippen LogP) is 0.839. The Kier molecular flexibility index (Phi) is 1.60. The molecule has 62 valence electrons. The van der Waals surface area contributed by atoms with Crippen molar-refractivity contribution < 1.29 is 9.63 Å². The van der Waals surface area contributed by atoms with Gasteiger partial charge in [-0.2, -0.15) is 5.90 Å². The van der Waals surface area contributed by atoms with Gasteiger partial charge in [0.05, 0.1) is 5.92 Å². The zero-order chi connectivity index (χ0) is 7.84. The van der Waals surface area contributed by atoms with Crippen LogP contribution in [0.2, 0.25) is 0 Å². The van der Waals surface area contributed by atoms with E-state index in [0.29, 0.717) is 5.92 Å². The average molecular weight is 155 g/mol. The van der Waals surface area contributed by atoms with Crippen molar-refractivity contribution in [2.24, 2.45) is 23.7 Å². The molecule has 0 radical (unpaired) electrons. The Morgan fingerprint density at radius 2 is 2.18 bits per heavy atom. The van der Waals surface area contributed by atoms with Crippen LogP contribution in [0.5, 0.6) is 0 Å². The van der Waals surface area contributed by atoms with E-state index in [1.165, 1.54) is 19.3 Å². The van der Waals surface area contributed by atoms with Crippen molar-refractivity contribution in [1.82, 2.24) is 0 Å². The lowest BCUT2D eigenvalue weighted by Gasteiger charge is -2.17. The molecule has 3 heteroatoms. The van der Waals surface area contributed by atoms with E-state index in [1.54, 1.807) is 0 Å². The summed E-state index contributed by atoms with van der Waals surface area (Å²) in [4.78, 5) is 15.3. The smallest absolute Gasteiger partial charge is 0.327 e. The highest BCUT2D eigenvalue weighted by atomic mass is 16.7. The van der Waals surface area contributed by atoms with E-state index in [2.05, 4.69) is 4.84 Å². The Labute approximate surface area is 65.9 Å². The normalized spacial score (nSPS) is 41.0. The minimum Gasteiger partial charge on any atom is -0.373 e. The summed E-state index contributed by atoms with van der Waals surface area (Å²) in [5.41, 5.74) is 0. The topological polar surface area (TPSA) is 52.3 Å². The molecule has 3 nitrogen and oxygen atoms in total. The quantitative estimate of drug-likeness (QED) is 0.571. The molecule has 2 fully saturated rings. The van der Waals surface area contributed by atoms with E-state index >= 15 is 0 Å². The molecule has 0 heterocycles. The lowest BCUT2D eigenvalue weighted by molar-refractivity contribution is -0.150. The van der Waals surface area contributed by atoms with E-state index in [9.17, 15) is 4.79 Å². The highest BCUT2D eigenvalue weighted by molar-refractivity contribution is 5.73. The molecule has 0 aromatic rings. The highest BCUT2D eigenvalue weighted by Crippen LogP contribution is 2.48. The van der Waals surface area contributed by atoms with Crippen LogP contribution in [0, 0.1) is 17.8 Å². The first-order chi connectivity index (χ1) is 5.31. The lowest BCUT2D eigenvalue weighted by atomic mass is 9.89. The van der Waals surface area contributed by atoms with Crippen LogP contribution in [-0.2, 0) is 9.63 Å². The standard InChI is InChI=1S/C8H13NO2/c9-11-8(10)7-4-5-1-2-6(7)3-5/h5-7H,1-4,9H2. The number of rotatable bonds is 1. The monoisotopic (exact) mass is 155 g/mol. The van der Waals surface area contributed by atoms with Gasteiger partial charge in [-0.1, -0.05) is 6.42 Å². The first-order valence-corrected chi connectivity index (χ1v) is 4.22. The van der Waals surface area contributed by atoms with Crippen molar-refractivity contribution in [3.63, 3.8) is 0 Å². The van der Waals surface area contributed by atoms with Gasteiger partial charge < -0.3 is 4.84 Å². The molecule has 2 rings (SSSR count). The van der Waals surface area contributed by atoms with Crippen LogP contribution in [0.25, 0.3) is 0 Å². The van der Waals surface area contributed by atoms with Crippen LogP contribution >= 0.6 is 0 Å². The fraction of sp³-hybridized carbons (Fsp3) is 0.875. The van der Waals surface area contributed by atoms with E-state index < -0.39 is 0 Å². The second-order valence-corrected chi connectivity index (χ2v) is 3.72. The molecule has 0 saturated heterocycles. The third-order valence-corrected chi connectivity index (χ3v) is 3.16. The van der Waals surface area contributed by atoms with Gasteiger partial charge in [-0.25, -0.2) is 0 Å². The molecule has 0 spiro atoms. The number of carbonyl (C=O) groups is 1. The van der Waals surface area contributed by atoms with Crippen LogP contribution in [0.4, 0.5) is 0 Å². The maximum Gasteiger partial charge on any atom is 0.327 e. The van der Waals surface area contributed by atoms with E-state index in [-0.39, 0.29) is 11.9 Å².